The van der Waals surface area contributed by atoms with Gasteiger partial charge in [-0.3, -0.25) is 14.4 Å². The molecule has 1 amide bonds. The van der Waals surface area contributed by atoms with E-state index in [4.69, 9.17) is 4.74 Å². The Morgan fingerprint density at radius 1 is 1.48 bits per heavy atom. The van der Waals surface area contributed by atoms with Crippen LogP contribution in [0.4, 0.5) is 0 Å². The van der Waals surface area contributed by atoms with Crippen LogP contribution in [0.3, 0.4) is 0 Å². The topological polar surface area (TPSA) is 62.6 Å². The van der Waals surface area contributed by atoms with Crippen LogP contribution < -0.4 is 5.32 Å². The van der Waals surface area contributed by atoms with Crippen molar-refractivity contribution in [2.24, 2.45) is 13.0 Å². The molecule has 0 aliphatic carbocycles. The summed E-state index contributed by atoms with van der Waals surface area (Å²) < 4.78 is 7.82. The van der Waals surface area contributed by atoms with Gasteiger partial charge in [0.15, 0.2) is 0 Å². The maximum Gasteiger partial charge on any atom is 0.225 e. The molecule has 1 N–H and O–H groups in total. The average molecular weight is 321 g/mol. The Balaban J connectivity index is 1.52. The molecule has 0 radical (unpaired) electrons. The van der Waals surface area contributed by atoms with E-state index in [1.54, 1.807) is 0 Å². The number of hydrogen-bond donors (Lipinski definition) is 1. The molecule has 3 unspecified atom stereocenters. The minimum Gasteiger partial charge on any atom is -0.371 e. The van der Waals surface area contributed by atoms with E-state index in [-0.39, 0.29) is 24.0 Å². The van der Waals surface area contributed by atoms with Gasteiger partial charge in [-0.1, -0.05) is 0 Å². The number of likely N-dealkylation sites (tertiary alicyclic amines) is 1. The number of rotatable bonds is 6. The fourth-order valence-corrected chi connectivity index (χ4v) is 3.49. The van der Waals surface area contributed by atoms with Gasteiger partial charge in [0.2, 0.25) is 5.91 Å². The van der Waals surface area contributed by atoms with Gasteiger partial charge in [-0.25, -0.2) is 0 Å². The molecule has 1 aromatic rings. The Kier molecular flexibility index (Phi) is 4.99. The van der Waals surface area contributed by atoms with Crippen molar-refractivity contribution >= 4 is 5.91 Å². The van der Waals surface area contributed by atoms with Crippen LogP contribution in [-0.2, 0) is 23.1 Å². The van der Waals surface area contributed by atoms with Crippen molar-refractivity contribution in [3.8, 4) is 0 Å². The van der Waals surface area contributed by atoms with E-state index in [9.17, 15) is 4.79 Å². The second kappa shape index (κ2) is 6.98. The van der Waals surface area contributed by atoms with Gasteiger partial charge in [0.1, 0.15) is 0 Å². The van der Waals surface area contributed by atoms with E-state index in [0.717, 1.165) is 32.6 Å². The maximum absolute atomic E-state index is 12.4. The summed E-state index contributed by atoms with van der Waals surface area (Å²) in [5.74, 6) is 0.128. The number of fused-ring (bicyclic) bond motifs is 2. The van der Waals surface area contributed by atoms with Crippen molar-refractivity contribution in [1.82, 2.24) is 24.9 Å². The van der Waals surface area contributed by atoms with Crippen LogP contribution in [0, 0.1) is 5.92 Å². The first kappa shape index (κ1) is 16.4. The van der Waals surface area contributed by atoms with Gasteiger partial charge in [0.05, 0.1) is 24.3 Å². The molecule has 2 saturated heterocycles. The van der Waals surface area contributed by atoms with E-state index in [2.05, 4.69) is 20.2 Å². The van der Waals surface area contributed by atoms with E-state index in [1.165, 1.54) is 5.56 Å². The minimum absolute atomic E-state index is 0.0129. The summed E-state index contributed by atoms with van der Waals surface area (Å²) >= 11 is 0. The van der Waals surface area contributed by atoms with Gasteiger partial charge in [-0.15, -0.1) is 0 Å². The van der Waals surface area contributed by atoms with Gasteiger partial charge in [-0.05, 0) is 20.5 Å². The lowest BCUT2D eigenvalue weighted by atomic mass is 9.99. The summed E-state index contributed by atoms with van der Waals surface area (Å²) in [4.78, 5) is 16.8. The molecule has 0 aromatic carbocycles. The first-order valence-corrected chi connectivity index (χ1v) is 8.29. The number of carbonyl (C=O) groups excluding carboxylic acids is 1. The Labute approximate surface area is 137 Å². The number of aromatic nitrogens is 2. The molecule has 3 atom stereocenters. The van der Waals surface area contributed by atoms with Crippen molar-refractivity contribution in [1.29, 1.82) is 0 Å². The van der Waals surface area contributed by atoms with Crippen molar-refractivity contribution in [3.63, 3.8) is 0 Å². The van der Waals surface area contributed by atoms with Gasteiger partial charge < -0.3 is 15.0 Å². The number of carbonyl (C=O) groups is 1. The maximum atomic E-state index is 12.4. The number of morpholine rings is 1. The SMILES string of the molecule is CN(C)CCNC(=O)C1CC2CN(Cc3cnn(C)c3)CC1O2. The number of nitrogens with one attached hydrogen (secondary N) is 1. The Bertz CT molecular complexity index is 544. The first-order chi connectivity index (χ1) is 11.0. The van der Waals surface area contributed by atoms with Gasteiger partial charge >= 0.3 is 0 Å². The predicted octanol–water partition coefficient (Wildman–Crippen LogP) is -0.313. The van der Waals surface area contributed by atoms with Gasteiger partial charge in [-0.2, -0.15) is 5.10 Å². The molecular formula is C16H27N5O2. The molecule has 7 nitrogen and oxygen atoms in total. The highest BCUT2D eigenvalue weighted by molar-refractivity contribution is 5.79. The van der Waals surface area contributed by atoms with E-state index in [0.29, 0.717) is 6.54 Å². The summed E-state index contributed by atoms with van der Waals surface area (Å²) in [6.07, 6.45) is 4.98. The zero-order valence-electron chi connectivity index (χ0n) is 14.2. The summed E-state index contributed by atoms with van der Waals surface area (Å²) in [6.45, 7) is 4.14. The number of ether oxygens (including phenoxy) is 1. The van der Waals surface area contributed by atoms with Crippen LogP contribution in [0.25, 0.3) is 0 Å². The molecule has 0 saturated carbocycles. The third-order valence-electron chi connectivity index (χ3n) is 4.59. The molecular weight excluding hydrogens is 294 g/mol. The smallest absolute Gasteiger partial charge is 0.225 e. The highest BCUT2D eigenvalue weighted by atomic mass is 16.5. The van der Waals surface area contributed by atoms with Crippen LogP contribution >= 0.6 is 0 Å². The van der Waals surface area contributed by atoms with Crippen LogP contribution in [0.15, 0.2) is 12.4 Å². The third kappa shape index (κ3) is 4.10. The summed E-state index contributed by atoms with van der Waals surface area (Å²) in [5.41, 5.74) is 1.21. The fourth-order valence-electron chi connectivity index (χ4n) is 3.49. The van der Waals surface area contributed by atoms with Crippen LogP contribution in [0.2, 0.25) is 0 Å². The Hall–Kier alpha value is -1.44. The van der Waals surface area contributed by atoms with Gasteiger partial charge in [0.25, 0.3) is 0 Å². The standard InChI is InChI=1S/C16H27N5O2/c1-19(2)5-4-17-16(22)14-6-13-10-21(11-15(14)23-13)9-12-7-18-20(3)8-12/h7-8,13-15H,4-6,9-11H2,1-3H3,(H,17,22). The fraction of sp³-hybridized carbons (Fsp3) is 0.750. The lowest BCUT2D eigenvalue weighted by Crippen LogP contribution is -2.45. The molecule has 2 aliphatic rings. The largest absolute Gasteiger partial charge is 0.371 e. The van der Waals surface area contributed by atoms with Crippen molar-refractivity contribution < 1.29 is 9.53 Å². The minimum atomic E-state index is -0.0129. The number of likely N-dealkylation sites (N-methyl/N-ethyl adjacent to an activating group) is 1. The van der Waals surface area contributed by atoms with Crippen LogP contribution in [0.1, 0.15) is 12.0 Å². The molecule has 23 heavy (non-hydrogen) atoms. The monoisotopic (exact) mass is 321 g/mol. The van der Waals surface area contributed by atoms with Crippen molar-refractivity contribution in [3.05, 3.63) is 18.0 Å². The molecule has 2 bridgehead atoms. The Morgan fingerprint density at radius 2 is 2.30 bits per heavy atom. The molecule has 7 heteroatoms. The van der Waals surface area contributed by atoms with Crippen LogP contribution in [-0.4, -0.2) is 78.0 Å². The lowest BCUT2D eigenvalue weighted by Gasteiger charge is -2.32. The number of nitrogens with zero attached hydrogens (tertiary/aromatic N) is 4. The second-order valence-corrected chi connectivity index (χ2v) is 6.95. The second-order valence-electron chi connectivity index (χ2n) is 6.95. The van der Waals surface area contributed by atoms with Crippen molar-refractivity contribution in [2.75, 3.05) is 40.3 Å². The molecule has 0 spiro atoms. The summed E-state index contributed by atoms with van der Waals surface area (Å²) in [7, 11) is 5.95. The van der Waals surface area contributed by atoms with Gasteiger partial charge in [0, 0.05) is 51.5 Å². The quantitative estimate of drug-likeness (QED) is 0.779. The molecule has 3 rings (SSSR count). The zero-order chi connectivity index (χ0) is 16.4. The number of aryl methyl sites for hydroxylation is 1. The van der Waals surface area contributed by atoms with E-state index < -0.39 is 0 Å². The van der Waals surface area contributed by atoms with Crippen LogP contribution in [0.5, 0.6) is 0 Å². The highest BCUT2D eigenvalue weighted by Gasteiger charge is 2.44. The van der Waals surface area contributed by atoms with E-state index in [1.807, 2.05) is 38.2 Å². The zero-order valence-corrected chi connectivity index (χ0v) is 14.2. The molecule has 3 heterocycles. The third-order valence-corrected chi connectivity index (χ3v) is 4.59. The van der Waals surface area contributed by atoms with Crippen molar-refractivity contribution in [2.45, 2.75) is 25.2 Å². The normalized spacial score (nSPS) is 27.6. The molecule has 2 aliphatic heterocycles. The first-order valence-electron chi connectivity index (χ1n) is 8.29. The molecule has 1 aromatic heterocycles. The molecule has 2 fully saturated rings. The van der Waals surface area contributed by atoms with E-state index >= 15 is 0 Å². The highest BCUT2D eigenvalue weighted by Crippen LogP contribution is 2.32. The molecule has 128 valence electrons. The summed E-state index contributed by atoms with van der Waals surface area (Å²) in [6, 6.07) is 0. The number of hydrogen-bond acceptors (Lipinski definition) is 5. The predicted molar refractivity (Wildman–Crippen MR) is 86.8 cm³/mol. The Morgan fingerprint density at radius 3 is 3.00 bits per heavy atom. The number of amides is 1. The summed E-state index contributed by atoms with van der Waals surface area (Å²) in [5, 5.41) is 7.26. The average Bonchev–Trinajstić information content (AvgIpc) is 3.01. The lowest BCUT2D eigenvalue weighted by molar-refractivity contribution is -0.128.